The zero-order valence-electron chi connectivity index (χ0n) is 11.5. The molecule has 1 amide bonds. The number of likely N-dealkylation sites (N-methyl/N-ethyl adjacent to an activating group) is 1. The maximum Gasteiger partial charge on any atom is 0.242 e. The Morgan fingerprint density at radius 1 is 1.32 bits per heavy atom. The Balaban J connectivity index is 2.17. The molecule has 0 bridgehead atoms. The third-order valence-corrected chi connectivity index (χ3v) is 3.57. The number of hydrogen-bond acceptors (Lipinski definition) is 4. The van der Waals surface area contributed by atoms with E-state index in [1.165, 1.54) is 0 Å². The van der Waals surface area contributed by atoms with Gasteiger partial charge in [0.15, 0.2) is 0 Å². The Bertz CT molecular complexity index is 416. The van der Waals surface area contributed by atoms with Gasteiger partial charge in [-0.1, -0.05) is 0 Å². The second kappa shape index (κ2) is 6.12. The highest BCUT2D eigenvalue weighted by Crippen LogP contribution is 2.22. The normalized spacial score (nSPS) is 18.6. The molecule has 2 heterocycles. The van der Waals surface area contributed by atoms with Crippen molar-refractivity contribution in [1.82, 2.24) is 14.8 Å². The molecule has 0 aliphatic carbocycles. The van der Waals surface area contributed by atoms with Crippen molar-refractivity contribution in [2.45, 2.75) is 25.0 Å². The number of rotatable bonds is 4. The van der Waals surface area contributed by atoms with Gasteiger partial charge in [0.25, 0.3) is 0 Å². The Labute approximate surface area is 113 Å². The van der Waals surface area contributed by atoms with Crippen molar-refractivity contribution in [3.63, 3.8) is 0 Å². The largest absolute Gasteiger partial charge is 0.386 e. The molecule has 0 saturated carbocycles. The molecule has 1 N–H and O–H groups in total. The Morgan fingerprint density at radius 2 is 1.89 bits per heavy atom. The summed E-state index contributed by atoms with van der Waals surface area (Å²) in [4.78, 5) is 20.1. The van der Waals surface area contributed by atoms with Crippen molar-refractivity contribution < 1.29 is 9.90 Å². The predicted octanol–water partition coefficient (Wildman–Crippen LogP) is 0.668. The Hall–Kier alpha value is -1.46. The number of aliphatic hydroxyl groups excluding tert-OH is 1. The summed E-state index contributed by atoms with van der Waals surface area (Å²) in [7, 11) is 3.64. The molecule has 1 saturated heterocycles. The van der Waals surface area contributed by atoms with Crippen LogP contribution in [0.5, 0.6) is 0 Å². The van der Waals surface area contributed by atoms with Crippen LogP contribution in [-0.2, 0) is 4.79 Å². The highest BCUT2D eigenvalue weighted by Gasteiger charge is 2.34. The average Bonchev–Trinajstić information content (AvgIpc) is 2.93. The van der Waals surface area contributed by atoms with Gasteiger partial charge in [0.2, 0.25) is 5.91 Å². The van der Waals surface area contributed by atoms with E-state index in [0.29, 0.717) is 0 Å². The fraction of sp³-hybridized carbons (Fsp3) is 0.571. The molecular weight excluding hydrogens is 242 g/mol. The lowest BCUT2D eigenvalue weighted by molar-refractivity contribution is -0.139. The number of carbonyl (C=O) groups is 1. The van der Waals surface area contributed by atoms with Crippen LogP contribution < -0.4 is 0 Å². The van der Waals surface area contributed by atoms with E-state index in [0.717, 1.165) is 31.5 Å². The quantitative estimate of drug-likeness (QED) is 0.867. The molecule has 2 rings (SSSR count). The summed E-state index contributed by atoms with van der Waals surface area (Å²) >= 11 is 0. The van der Waals surface area contributed by atoms with E-state index in [9.17, 15) is 9.90 Å². The summed E-state index contributed by atoms with van der Waals surface area (Å²) in [6, 6.07) is 2.96. The standard InChI is InChI=1S/C14H21N3O2/c1-16(2)12(14(19)17-9-3-4-10-17)13(18)11-5-7-15-8-6-11/h5-8,12-13,18H,3-4,9-10H2,1-2H3/t12-,13+/m1/s1. The first-order chi connectivity index (χ1) is 9.11. The minimum atomic E-state index is -0.828. The van der Waals surface area contributed by atoms with Gasteiger partial charge in [-0.25, -0.2) is 0 Å². The molecule has 1 fully saturated rings. The number of hydrogen-bond donors (Lipinski definition) is 1. The van der Waals surface area contributed by atoms with Crippen LogP contribution in [0.15, 0.2) is 24.5 Å². The minimum absolute atomic E-state index is 0.00631. The first-order valence-electron chi connectivity index (χ1n) is 6.64. The van der Waals surface area contributed by atoms with Crippen LogP contribution in [-0.4, -0.2) is 59.0 Å². The van der Waals surface area contributed by atoms with Crippen molar-refractivity contribution in [3.05, 3.63) is 30.1 Å². The molecule has 0 aromatic carbocycles. The predicted molar refractivity (Wildman–Crippen MR) is 72.5 cm³/mol. The Kier molecular flexibility index (Phi) is 4.50. The van der Waals surface area contributed by atoms with Crippen LogP contribution in [0.4, 0.5) is 0 Å². The van der Waals surface area contributed by atoms with Crippen molar-refractivity contribution in [3.8, 4) is 0 Å². The van der Waals surface area contributed by atoms with E-state index in [2.05, 4.69) is 4.98 Å². The molecular formula is C14H21N3O2. The topological polar surface area (TPSA) is 56.7 Å². The lowest BCUT2D eigenvalue weighted by Gasteiger charge is -2.31. The number of nitrogens with zero attached hydrogens (tertiary/aromatic N) is 3. The maximum atomic E-state index is 12.5. The molecule has 1 aromatic heterocycles. The molecule has 5 nitrogen and oxygen atoms in total. The van der Waals surface area contributed by atoms with Crippen LogP contribution in [0.3, 0.4) is 0 Å². The van der Waals surface area contributed by atoms with Crippen molar-refractivity contribution in [2.75, 3.05) is 27.2 Å². The Morgan fingerprint density at radius 3 is 2.42 bits per heavy atom. The van der Waals surface area contributed by atoms with Crippen LogP contribution in [0, 0.1) is 0 Å². The van der Waals surface area contributed by atoms with Gasteiger partial charge in [0.05, 0.1) is 0 Å². The van der Waals surface area contributed by atoms with E-state index in [4.69, 9.17) is 0 Å². The zero-order chi connectivity index (χ0) is 13.8. The first-order valence-corrected chi connectivity index (χ1v) is 6.64. The minimum Gasteiger partial charge on any atom is -0.386 e. The number of aliphatic hydroxyl groups is 1. The fourth-order valence-electron chi connectivity index (χ4n) is 2.51. The SMILES string of the molecule is CN(C)[C@@H](C(=O)N1CCCC1)[C@@H](O)c1ccncc1. The summed E-state index contributed by atoms with van der Waals surface area (Å²) in [6.45, 7) is 1.60. The number of carbonyl (C=O) groups excluding carboxylic acids is 1. The lowest BCUT2D eigenvalue weighted by Crippen LogP contribution is -2.48. The molecule has 1 aliphatic heterocycles. The molecule has 5 heteroatoms. The monoisotopic (exact) mass is 263 g/mol. The maximum absolute atomic E-state index is 12.5. The van der Waals surface area contributed by atoms with Gasteiger partial charge < -0.3 is 10.0 Å². The highest BCUT2D eigenvalue weighted by atomic mass is 16.3. The summed E-state index contributed by atoms with van der Waals surface area (Å²) < 4.78 is 0. The molecule has 1 aliphatic rings. The fourth-order valence-corrected chi connectivity index (χ4v) is 2.51. The van der Waals surface area contributed by atoms with Gasteiger partial charge in [-0.3, -0.25) is 14.7 Å². The average molecular weight is 263 g/mol. The highest BCUT2D eigenvalue weighted by molar-refractivity contribution is 5.83. The summed E-state index contributed by atoms with van der Waals surface area (Å²) in [5, 5.41) is 10.5. The van der Waals surface area contributed by atoms with E-state index >= 15 is 0 Å². The molecule has 0 spiro atoms. The smallest absolute Gasteiger partial charge is 0.242 e. The van der Waals surface area contributed by atoms with E-state index in [-0.39, 0.29) is 5.91 Å². The number of pyridine rings is 1. The van der Waals surface area contributed by atoms with Crippen LogP contribution in [0.2, 0.25) is 0 Å². The van der Waals surface area contributed by atoms with Crippen molar-refractivity contribution in [1.29, 1.82) is 0 Å². The van der Waals surface area contributed by atoms with E-state index < -0.39 is 12.1 Å². The summed E-state index contributed by atoms with van der Waals surface area (Å²) in [5.41, 5.74) is 0.723. The second-order valence-corrected chi connectivity index (χ2v) is 5.17. The molecule has 104 valence electrons. The van der Waals surface area contributed by atoms with E-state index in [1.54, 1.807) is 29.4 Å². The van der Waals surface area contributed by atoms with Gasteiger partial charge in [-0.05, 0) is 44.6 Å². The number of likely N-dealkylation sites (tertiary alicyclic amines) is 1. The van der Waals surface area contributed by atoms with Gasteiger partial charge in [0.1, 0.15) is 12.1 Å². The number of amides is 1. The zero-order valence-corrected chi connectivity index (χ0v) is 11.5. The van der Waals surface area contributed by atoms with Crippen LogP contribution in [0.25, 0.3) is 0 Å². The molecule has 0 unspecified atom stereocenters. The molecule has 2 atom stereocenters. The first kappa shape index (κ1) is 14.0. The van der Waals surface area contributed by atoms with Crippen molar-refractivity contribution >= 4 is 5.91 Å². The molecule has 1 aromatic rings. The lowest BCUT2D eigenvalue weighted by atomic mass is 10.0. The second-order valence-electron chi connectivity index (χ2n) is 5.17. The van der Waals surface area contributed by atoms with Gasteiger partial charge in [-0.2, -0.15) is 0 Å². The van der Waals surface area contributed by atoms with Gasteiger partial charge in [-0.15, -0.1) is 0 Å². The molecule has 19 heavy (non-hydrogen) atoms. The third kappa shape index (κ3) is 3.11. The van der Waals surface area contributed by atoms with Crippen LogP contribution in [0.1, 0.15) is 24.5 Å². The van der Waals surface area contributed by atoms with Gasteiger partial charge >= 0.3 is 0 Å². The van der Waals surface area contributed by atoms with Crippen LogP contribution >= 0.6 is 0 Å². The van der Waals surface area contributed by atoms with Gasteiger partial charge in [0, 0.05) is 25.5 Å². The number of aromatic nitrogens is 1. The summed E-state index contributed by atoms with van der Waals surface area (Å²) in [6.07, 6.45) is 4.54. The molecule has 0 radical (unpaired) electrons. The van der Waals surface area contributed by atoms with Crippen molar-refractivity contribution in [2.24, 2.45) is 0 Å². The summed E-state index contributed by atoms with van der Waals surface area (Å²) in [5.74, 6) is 0.00631. The third-order valence-electron chi connectivity index (χ3n) is 3.57. The van der Waals surface area contributed by atoms with E-state index in [1.807, 2.05) is 19.0 Å².